The van der Waals surface area contributed by atoms with E-state index < -0.39 is 0 Å². The Labute approximate surface area is 130 Å². The number of rotatable bonds is 7. The minimum atomic E-state index is -0.0428. The molecule has 0 bridgehead atoms. The van der Waals surface area contributed by atoms with Crippen LogP contribution in [0.5, 0.6) is 11.5 Å². The van der Waals surface area contributed by atoms with Gasteiger partial charge >= 0.3 is 0 Å². The molecule has 1 saturated heterocycles. The van der Waals surface area contributed by atoms with Crippen LogP contribution in [0, 0.1) is 0 Å². The molecule has 2 rings (SSSR count). The Morgan fingerprint density at radius 3 is 2.77 bits per heavy atom. The first kappa shape index (κ1) is 16.6. The molecule has 1 aromatic carbocycles. The van der Waals surface area contributed by atoms with Crippen molar-refractivity contribution in [2.45, 2.75) is 18.9 Å². The van der Waals surface area contributed by atoms with Gasteiger partial charge in [0, 0.05) is 13.0 Å². The number of benzene rings is 1. The van der Waals surface area contributed by atoms with Crippen LogP contribution in [0.3, 0.4) is 0 Å². The highest BCUT2D eigenvalue weighted by atomic mass is 16.6. The maximum atomic E-state index is 11.9. The van der Waals surface area contributed by atoms with Gasteiger partial charge in [0.15, 0.2) is 11.5 Å². The summed E-state index contributed by atoms with van der Waals surface area (Å²) >= 11 is 0. The van der Waals surface area contributed by atoms with Crippen LogP contribution in [0.15, 0.2) is 18.2 Å². The van der Waals surface area contributed by atoms with Crippen LogP contribution in [0.25, 0.3) is 0 Å². The van der Waals surface area contributed by atoms with Gasteiger partial charge in [-0.1, -0.05) is 6.07 Å². The van der Waals surface area contributed by atoms with E-state index >= 15 is 0 Å². The molecular weight excluding hydrogens is 286 g/mol. The molecule has 0 radical (unpaired) electrons. The second-order valence-electron chi connectivity index (χ2n) is 5.06. The monoisotopic (exact) mass is 309 g/mol. The fraction of sp³-hybridized carbons (Fsp3) is 0.562. The third kappa shape index (κ3) is 4.89. The molecule has 22 heavy (non-hydrogen) atoms. The van der Waals surface area contributed by atoms with Crippen LogP contribution in [0.4, 0.5) is 0 Å². The molecule has 1 atom stereocenters. The lowest BCUT2D eigenvalue weighted by Gasteiger charge is -2.23. The third-order valence-corrected chi connectivity index (χ3v) is 3.50. The van der Waals surface area contributed by atoms with E-state index in [1.807, 2.05) is 18.2 Å². The molecule has 1 aliphatic heterocycles. The average Bonchev–Trinajstić information content (AvgIpc) is 2.58. The number of hydrogen-bond donors (Lipinski definition) is 1. The summed E-state index contributed by atoms with van der Waals surface area (Å²) in [6, 6.07) is 5.68. The van der Waals surface area contributed by atoms with Crippen LogP contribution in [0.2, 0.25) is 0 Å². The number of hydrogen-bond acceptors (Lipinski definition) is 5. The lowest BCUT2D eigenvalue weighted by Crippen LogP contribution is -2.39. The molecule has 0 aromatic heterocycles. The molecule has 6 heteroatoms. The van der Waals surface area contributed by atoms with Crippen molar-refractivity contribution in [3.8, 4) is 11.5 Å². The van der Waals surface area contributed by atoms with Crippen LogP contribution >= 0.6 is 0 Å². The van der Waals surface area contributed by atoms with Gasteiger partial charge in [-0.25, -0.2) is 0 Å². The lowest BCUT2D eigenvalue weighted by molar-refractivity contribution is -0.123. The van der Waals surface area contributed by atoms with E-state index in [1.54, 1.807) is 14.2 Å². The largest absolute Gasteiger partial charge is 0.493 e. The lowest BCUT2D eigenvalue weighted by atomic mass is 10.1. The summed E-state index contributed by atoms with van der Waals surface area (Å²) in [5.74, 6) is 1.36. The molecule has 0 spiro atoms. The van der Waals surface area contributed by atoms with Crippen molar-refractivity contribution in [3.05, 3.63) is 23.8 Å². The van der Waals surface area contributed by atoms with E-state index in [-0.39, 0.29) is 12.0 Å². The van der Waals surface area contributed by atoms with Crippen molar-refractivity contribution in [3.63, 3.8) is 0 Å². The molecule has 1 fully saturated rings. The van der Waals surface area contributed by atoms with Crippen molar-refractivity contribution in [2.75, 3.05) is 40.6 Å². The molecule has 122 valence electrons. The zero-order chi connectivity index (χ0) is 15.8. The highest BCUT2D eigenvalue weighted by Gasteiger charge is 2.15. The summed E-state index contributed by atoms with van der Waals surface area (Å²) in [4.78, 5) is 11.9. The summed E-state index contributed by atoms with van der Waals surface area (Å²) in [5.41, 5.74) is 1.03. The van der Waals surface area contributed by atoms with Crippen molar-refractivity contribution in [1.29, 1.82) is 0 Å². The Balaban J connectivity index is 1.75. The van der Waals surface area contributed by atoms with Gasteiger partial charge in [0.2, 0.25) is 5.91 Å². The number of methoxy groups -OCH3 is 2. The first-order chi connectivity index (χ1) is 10.7. The second-order valence-corrected chi connectivity index (χ2v) is 5.06. The summed E-state index contributed by atoms with van der Waals surface area (Å²) < 4.78 is 21.2. The number of carbonyl (C=O) groups excluding carboxylic acids is 1. The van der Waals surface area contributed by atoms with E-state index in [0.29, 0.717) is 50.7 Å². The Morgan fingerprint density at radius 2 is 2.09 bits per heavy atom. The van der Waals surface area contributed by atoms with Gasteiger partial charge in [-0.15, -0.1) is 0 Å². The number of aryl methyl sites for hydroxylation is 1. The third-order valence-electron chi connectivity index (χ3n) is 3.50. The first-order valence-electron chi connectivity index (χ1n) is 7.40. The standard InChI is InChI=1S/C16H23NO5/c1-19-14-5-3-12(9-15(14)20-2)4-6-16(18)17-10-13-11-21-7-8-22-13/h3,5,9,13H,4,6-8,10-11H2,1-2H3,(H,17,18). The van der Waals surface area contributed by atoms with Crippen LogP contribution in [-0.2, 0) is 20.7 Å². The quantitative estimate of drug-likeness (QED) is 0.819. The van der Waals surface area contributed by atoms with E-state index in [0.717, 1.165) is 5.56 Å². The van der Waals surface area contributed by atoms with Gasteiger partial charge in [-0.05, 0) is 24.1 Å². The number of nitrogens with one attached hydrogen (secondary N) is 1. The normalized spacial score (nSPS) is 17.8. The SMILES string of the molecule is COc1ccc(CCC(=O)NCC2COCCO2)cc1OC. The second kappa shape index (κ2) is 8.60. The molecule has 1 heterocycles. The zero-order valence-electron chi connectivity index (χ0n) is 13.1. The van der Waals surface area contributed by atoms with Gasteiger partial charge in [-0.3, -0.25) is 4.79 Å². The Hall–Kier alpha value is -1.79. The Kier molecular flexibility index (Phi) is 6.48. The molecule has 1 N–H and O–H groups in total. The van der Waals surface area contributed by atoms with Crippen molar-refractivity contribution in [2.24, 2.45) is 0 Å². The summed E-state index contributed by atoms with van der Waals surface area (Å²) in [6.45, 7) is 2.25. The molecular formula is C16H23NO5. The van der Waals surface area contributed by atoms with Crippen LogP contribution < -0.4 is 14.8 Å². The summed E-state index contributed by atoms with van der Waals surface area (Å²) in [5, 5.41) is 2.87. The maximum Gasteiger partial charge on any atom is 0.220 e. The highest BCUT2D eigenvalue weighted by molar-refractivity contribution is 5.76. The number of carbonyl (C=O) groups is 1. The van der Waals surface area contributed by atoms with Crippen LogP contribution in [-0.4, -0.2) is 52.6 Å². The smallest absolute Gasteiger partial charge is 0.220 e. The fourth-order valence-corrected chi connectivity index (χ4v) is 2.26. The van der Waals surface area contributed by atoms with E-state index in [1.165, 1.54) is 0 Å². The van der Waals surface area contributed by atoms with Gasteiger partial charge in [-0.2, -0.15) is 0 Å². The fourth-order valence-electron chi connectivity index (χ4n) is 2.26. The minimum absolute atomic E-state index is 0.00367. The van der Waals surface area contributed by atoms with Gasteiger partial charge in [0.1, 0.15) is 0 Å². The zero-order valence-corrected chi connectivity index (χ0v) is 13.1. The topological polar surface area (TPSA) is 66.0 Å². The molecule has 0 saturated carbocycles. The van der Waals surface area contributed by atoms with E-state index in [9.17, 15) is 4.79 Å². The minimum Gasteiger partial charge on any atom is -0.493 e. The van der Waals surface area contributed by atoms with Crippen LogP contribution in [0.1, 0.15) is 12.0 Å². The van der Waals surface area contributed by atoms with Crippen molar-refractivity contribution in [1.82, 2.24) is 5.32 Å². The molecule has 1 aromatic rings. The maximum absolute atomic E-state index is 11.9. The molecule has 1 aliphatic rings. The average molecular weight is 309 g/mol. The van der Waals surface area contributed by atoms with Gasteiger partial charge in [0.05, 0.1) is 40.1 Å². The Bertz CT molecular complexity index is 485. The number of amides is 1. The van der Waals surface area contributed by atoms with Gasteiger partial charge in [0.25, 0.3) is 0 Å². The van der Waals surface area contributed by atoms with E-state index in [4.69, 9.17) is 18.9 Å². The van der Waals surface area contributed by atoms with E-state index in [2.05, 4.69) is 5.32 Å². The number of ether oxygens (including phenoxy) is 4. The summed E-state index contributed by atoms with van der Waals surface area (Å²) in [7, 11) is 3.20. The van der Waals surface area contributed by atoms with Gasteiger partial charge < -0.3 is 24.3 Å². The molecule has 1 unspecified atom stereocenters. The molecule has 1 amide bonds. The highest BCUT2D eigenvalue weighted by Crippen LogP contribution is 2.27. The first-order valence-corrected chi connectivity index (χ1v) is 7.40. The Morgan fingerprint density at radius 1 is 1.27 bits per heavy atom. The predicted octanol–water partition coefficient (Wildman–Crippen LogP) is 1.17. The summed E-state index contributed by atoms with van der Waals surface area (Å²) in [6.07, 6.45) is 1.02. The van der Waals surface area contributed by atoms with Crippen molar-refractivity contribution < 1.29 is 23.7 Å². The van der Waals surface area contributed by atoms with Crippen molar-refractivity contribution >= 4 is 5.91 Å². The molecule has 0 aliphatic carbocycles. The predicted molar refractivity (Wildman–Crippen MR) is 81.4 cm³/mol. The molecule has 6 nitrogen and oxygen atoms in total.